The van der Waals surface area contributed by atoms with Gasteiger partial charge >= 0.3 is 17.8 Å². The first-order valence-corrected chi connectivity index (χ1v) is 9.05. The minimum absolute atomic E-state index is 0.107. The molecule has 2 unspecified atom stereocenters. The highest BCUT2D eigenvalue weighted by molar-refractivity contribution is 5.82. The topological polar surface area (TPSA) is 93.3 Å². The summed E-state index contributed by atoms with van der Waals surface area (Å²) in [5, 5.41) is 17.5. The zero-order valence-electron chi connectivity index (χ0n) is 16.1. The second-order valence-electron chi connectivity index (χ2n) is 7.11. The van der Waals surface area contributed by atoms with Crippen molar-refractivity contribution in [3.63, 3.8) is 0 Å². The summed E-state index contributed by atoms with van der Waals surface area (Å²) in [6.07, 6.45) is -4.79. The number of hydrogen-bond donors (Lipinski definition) is 1. The van der Waals surface area contributed by atoms with Gasteiger partial charge in [0.05, 0.1) is 11.0 Å². The monoisotopic (exact) mass is 429 g/mol. The van der Waals surface area contributed by atoms with Gasteiger partial charge in [-0.1, -0.05) is 12.1 Å². The van der Waals surface area contributed by atoms with Crippen LogP contribution in [0.25, 0.3) is 0 Å². The Balaban J connectivity index is 1.95. The van der Waals surface area contributed by atoms with Crippen LogP contribution in [0.2, 0.25) is 0 Å². The number of alkyl halides is 3. The van der Waals surface area contributed by atoms with Gasteiger partial charge in [0.1, 0.15) is 11.5 Å². The molecule has 2 heterocycles. The summed E-state index contributed by atoms with van der Waals surface area (Å²) in [6, 6.07) is 4.30. The molecule has 0 aliphatic carbocycles. The van der Waals surface area contributed by atoms with Crippen LogP contribution < -0.4 is 10.2 Å². The minimum atomic E-state index is -5.08. The van der Waals surface area contributed by atoms with Gasteiger partial charge < -0.3 is 10.2 Å². The number of piperidine rings is 1. The van der Waals surface area contributed by atoms with Crippen molar-refractivity contribution < 1.29 is 27.3 Å². The third kappa shape index (κ3) is 4.21. The number of hydrogen-bond acceptors (Lipinski definition) is 5. The van der Waals surface area contributed by atoms with Crippen molar-refractivity contribution >= 4 is 17.4 Å². The molecule has 0 bridgehead atoms. The largest absolute Gasteiger partial charge is 0.471 e. The Morgan fingerprint density at radius 1 is 1.30 bits per heavy atom. The molecule has 1 aromatic carbocycles. The average Bonchev–Trinajstić information content (AvgIpc) is 2.96. The first-order valence-electron chi connectivity index (χ1n) is 9.05. The number of nitrogens with zero attached hydrogens (tertiary/aromatic N) is 4. The fourth-order valence-electron chi connectivity index (χ4n) is 3.85. The minimum Gasteiger partial charge on any atom is -0.349 e. The van der Waals surface area contributed by atoms with Crippen molar-refractivity contribution in [2.24, 2.45) is 7.05 Å². The highest BCUT2D eigenvalue weighted by atomic mass is 19.4. The molecule has 162 valence electrons. The van der Waals surface area contributed by atoms with E-state index in [2.05, 4.69) is 5.10 Å². The van der Waals surface area contributed by atoms with Gasteiger partial charge in [-0.05, 0) is 31.0 Å². The molecule has 8 nitrogen and oxygen atoms in total. The molecular weight excluding hydrogens is 410 g/mol. The summed E-state index contributed by atoms with van der Waals surface area (Å²) in [7, 11) is 1.50. The number of nitro groups is 1. The lowest BCUT2D eigenvalue weighted by Crippen LogP contribution is -2.54. The van der Waals surface area contributed by atoms with Crippen molar-refractivity contribution in [3.8, 4) is 0 Å². The van der Waals surface area contributed by atoms with Crippen LogP contribution >= 0.6 is 0 Å². The molecule has 1 N–H and O–H groups in total. The lowest BCUT2D eigenvalue weighted by Gasteiger charge is -2.39. The second kappa shape index (κ2) is 7.92. The van der Waals surface area contributed by atoms with Gasteiger partial charge in [0, 0.05) is 26.1 Å². The molecule has 12 heteroatoms. The van der Waals surface area contributed by atoms with Crippen LogP contribution in [-0.4, -0.2) is 45.9 Å². The Hall–Kier alpha value is -3.18. The molecular formula is C18H19F4N5O3. The number of nitrogens with one attached hydrogen (secondary N) is 1. The van der Waals surface area contributed by atoms with E-state index >= 15 is 0 Å². The number of benzene rings is 1. The van der Waals surface area contributed by atoms with E-state index in [0.717, 1.165) is 0 Å². The first kappa shape index (κ1) is 21.5. The van der Waals surface area contributed by atoms with Crippen LogP contribution in [-0.2, 0) is 11.8 Å². The van der Waals surface area contributed by atoms with Crippen molar-refractivity contribution in [2.75, 3.05) is 18.0 Å². The van der Waals surface area contributed by atoms with Crippen LogP contribution in [0.1, 0.15) is 23.6 Å². The predicted molar refractivity (Wildman–Crippen MR) is 98.6 cm³/mol. The van der Waals surface area contributed by atoms with Gasteiger partial charge in [-0.2, -0.15) is 18.3 Å². The number of halogens is 4. The molecule has 2 aromatic rings. The maximum Gasteiger partial charge on any atom is 0.471 e. The summed E-state index contributed by atoms with van der Waals surface area (Å²) < 4.78 is 53.2. The lowest BCUT2D eigenvalue weighted by molar-refractivity contribution is -0.384. The molecule has 1 fully saturated rings. The molecule has 0 saturated carbocycles. The zero-order valence-corrected chi connectivity index (χ0v) is 16.1. The number of carbonyl (C=O) groups is 1. The molecule has 1 aromatic heterocycles. The Morgan fingerprint density at radius 2 is 1.93 bits per heavy atom. The van der Waals surface area contributed by atoms with Crippen LogP contribution in [0.4, 0.5) is 29.1 Å². The van der Waals surface area contributed by atoms with Crippen molar-refractivity contribution in [2.45, 2.75) is 31.5 Å². The van der Waals surface area contributed by atoms with Gasteiger partial charge in [-0.25, -0.2) is 9.07 Å². The molecule has 0 radical (unpaired) electrons. The Morgan fingerprint density at radius 3 is 2.50 bits per heavy atom. The molecule has 0 spiro atoms. The van der Waals surface area contributed by atoms with Gasteiger partial charge in [-0.15, -0.1) is 0 Å². The highest BCUT2D eigenvalue weighted by Gasteiger charge is 2.43. The van der Waals surface area contributed by atoms with E-state index < -0.39 is 34.8 Å². The van der Waals surface area contributed by atoms with Crippen molar-refractivity contribution in [1.82, 2.24) is 15.1 Å². The van der Waals surface area contributed by atoms with E-state index in [1.807, 2.05) is 5.32 Å². The average molecular weight is 429 g/mol. The number of carbonyl (C=O) groups excluding carboxylic acids is 1. The summed E-state index contributed by atoms with van der Waals surface area (Å²) in [4.78, 5) is 24.0. The quantitative estimate of drug-likeness (QED) is 0.458. The predicted octanol–water partition coefficient (Wildman–Crippen LogP) is 2.82. The molecule has 2 atom stereocenters. The fourth-order valence-corrected chi connectivity index (χ4v) is 3.85. The number of aromatic nitrogens is 2. The van der Waals surface area contributed by atoms with E-state index in [1.165, 1.54) is 42.9 Å². The second-order valence-corrected chi connectivity index (χ2v) is 7.11. The Bertz CT molecular complexity index is 958. The summed E-state index contributed by atoms with van der Waals surface area (Å²) >= 11 is 0. The molecule has 3 rings (SSSR count). The Labute approximate surface area is 168 Å². The molecule has 1 aliphatic rings. The normalized spacial score (nSPS) is 19.6. The summed E-state index contributed by atoms with van der Waals surface area (Å²) in [5.41, 5.74) is 0.506. The fraction of sp³-hybridized carbons (Fsp3) is 0.444. The highest BCUT2D eigenvalue weighted by Crippen LogP contribution is 2.36. The third-order valence-electron chi connectivity index (χ3n) is 5.13. The zero-order chi connectivity index (χ0) is 22.2. The van der Waals surface area contributed by atoms with Gasteiger partial charge in [0.15, 0.2) is 0 Å². The number of amides is 1. The first-order chi connectivity index (χ1) is 14.0. The van der Waals surface area contributed by atoms with E-state index in [4.69, 9.17) is 0 Å². The summed E-state index contributed by atoms with van der Waals surface area (Å²) in [5.74, 6) is -2.96. The van der Waals surface area contributed by atoms with Gasteiger partial charge in [-0.3, -0.25) is 14.9 Å². The van der Waals surface area contributed by atoms with Crippen LogP contribution in [0.15, 0.2) is 24.3 Å². The molecule has 30 heavy (non-hydrogen) atoms. The van der Waals surface area contributed by atoms with Crippen LogP contribution in [0, 0.1) is 22.9 Å². The van der Waals surface area contributed by atoms with E-state index in [0.29, 0.717) is 5.56 Å². The van der Waals surface area contributed by atoms with Crippen LogP contribution in [0.3, 0.4) is 0 Å². The lowest BCUT2D eigenvalue weighted by atomic mass is 9.85. The summed E-state index contributed by atoms with van der Waals surface area (Å²) in [6.45, 7) is 1.64. The SMILES string of the molecule is Cc1nn(C)c(N2CCC(c3ccc(F)cc3)C(NC(=O)C(F)(F)F)C2)c1[N+](=O)[O-]. The maximum absolute atomic E-state index is 13.3. The molecule has 1 saturated heterocycles. The maximum atomic E-state index is 13.3. The number of rotatable bonds is 4. The third-order valence-corrected chi connectivity index (χ3v) is 5.13. The van der Waals surface area contributed by atoms with Crippen LogP contribution in [0.5, 0.6) is 0 Å². The van der Waals surface area contributed by atoms with E-state index in [9.17, 15) is 32.5 Å². The number of anilines is 1. The van der Waals surface area contributed by atoms with E-state index in [-0.39, 0.29) is 36.7 Å². The van der Waals surface area contributed by atoms with Crippen molar-refractivity contribution in [1.29, 1.82) is 0 Å². The van der Waals surface area contributed by atoms with E-state index in [1.54, 1.807) is 4.90 Å². The van der Waals surface area contributed by atoms with Crippen molar-refractivity contribution in [3.05, 3.63) is 51.5 Å². The number of aryl methyl sites for hydroxylation is 2. The molecule has 1 aliphatic heterocycles. The van der Waals surface area contributed by atoms with Gasteiger partial charge in [0.2, 0.25) is 5.82 Å². The van der Waals surface area contributed by atoms with Gasteiger partial charge in [0.25, 0.3) is 0 Å². The smallest absolute Gasteiger partial charge is 0.349 e. The molecule has 1 amide bonds. The Kier molecular flexibility index (Phi) is 5.68. The standard InChI is InChI=1S/C18H19F4N5O3/c1-10-15(27(29)30)16(25(2)24-10)26-8-7-13(11-3-5-12(19)6-4-11)14(9-26)23-17(28)18(20,21)22/h3-6,13-14H,7-9H2,1-2H3,(H,23,28).